The summed E-state index contributed by atoms with van der Waals surface area (Å²) in [5.74, 6) is 1.23. The van der Waals surface area contributed by atoms with Crippen LogP contribution in [0, 0.1) is 0 Å². The fourth-order valence-electron chi connectivity index (χ4n) is 4.59. The van der Waals surface area contributed by atoms with Gasteiger partial charge >= 0.3 is 0 Å². The van der Waals surface area contributed by atoms with Crippen LogP contribution in [-0.2, 0) is 22.7 Å². The number of methoxy groups -OCH3 is 1. The Kier molecular flexibility index (Phi) is 7.59. The number of para-hydroxylation sites is 1. The van der Waals surface area contributed by atoms with E-state index in [2.05, 4.69) is 15.6 Å². The van der Waals surface area contributed by atoms with E-state index in [-0.39, 0.29) is 31.7 Å². The van der Waals surface area contributed by atoms with Gasteiger partial charge < -0.3 is 24.4 Å². The number of nitrogens with zero attached hydrogens (tertiary/aromatic N) is 4. The van der Waals surface area contributed by atoms with E-state index in [4.69, 9.17) is 14.2 Å². The monoisotopic (exact) mass is 543 g/mol. The highest BCUT2D eigenvalue weighted by Gasteiger charge is 2.35. The van der Waals surface area contributed by atoms with E-state index < -0.39 is 11.6 Å². The van der Waals surface area contributed by atoms with Gasteiger partial charge in [0.25, 0.3) is 0 Å². The van der Waals surface area contributed by atoms with Crippen molar-refractivity contribution in [3.05, 3.63) is 77.9 Å². The summed E-state index contributed by atoms with van der Waals surface area (Å²) in [4.78, 5) is 29.8. The molecule has 0 bridgehead atoms. The third kappa shape index (κ3) is 5.70. The minimum Gasteiger partial charge on any atom is -0.497 e. The molecule has 0 saturated heterocycles. The Labute approximate surface area is 232 Å². The molecule has 10 nitrogen and oxygen atoms in total. The number of carbonyl (C=O) groups is 2. The SMILES string of the molecule is CCC(C)(C)NC(=O)[C@@H](c1cccc(OC)c1)N(Cc1ccc2c(c1)OCO2)C(=O)Cn1nnc2ccccc21. The van der Waals surface area contributed by atoms with Gasteiger partial charge in [-0.3, -0.25) is 9.59 Å². The maximum atomic E-state index is 14.2. The first-order valence-corrected chi connectivity index (χ1v) is 13.2. The van der Waals surface area contributed by atoms with E-state index in [1.165, 1.54) is 0 Å². The van der Waals surface area contributed by atoms with Crippen molar-refractivity contribution in [1.29, 1.82) is 0 Å². The topological polar surface area (TPSA) is 108 Å². The van der Waals surface area contributed by atoms with Crippen molar-refractivity contribution in [3.8, 4) is 17.2 Å². The number of carbonyl (C=O) groups excluding carboxylic acids is 2. The summed E-state index contributed by atoms with van der Waals surface area (Å²) in [5.41, 5.74) is 2.35. The third-order valence-electron chi connectivity index (χ3n) is 7.13. The van der Waals surface area contributed by atoms with Crippen LogP contribution in [0.25, 0.3) is 11.0 Å². The molecule has 0 saturated carbocycles. The van der Waals surface area contributed by atoms with Gasteiger partial charge in [0.05, 0.1) is 12.6 Å². The minimum atomic E-state index is -0.950. The van der Waals surface area contributed by atoms with Crippen molar-refractivity contribution in [2.24, 2.45) is 0 Å². The molecule has 0 fully saturated rings. The number of fused-ring (bicyclic) bond motifs is 2. The highest BCUT2D eigenvalue weighted by atomic mass is 16.7. The van der Waals surface area contributed by atoms with Crippen molar-refractivity contribution in [2.45, 2.75) is 51.9 Å². The van der Waals surface area contributed by atoms with E-state index in [0.717, 1.165) is 11.1 Å². The Hall–Kier alpha value is -4.60. The smallest absolute Gasteiger partial charge is 0.247 e. The molecule has 0 aliphatic carbocycles. The molecule has 10 heteroatoms. The van der Waals surface area contributed by atoms with Crippen molar-refractivity contribution in [2.75, 3.05) is 13.9 Å². The summed E-state index contributed by atoms with van der Waals surface area (Å²) in [6.07, 6.45) is 0.713. The summed E-state index contributed by atoms with van der Waals surface area (Å²) in [5, 5.41) is 11.5. The average Bonchev–Trinajstić information content (AvgIpc) is 3.59. The van der Waals surface area contributed by atoms with Crippen molar-refractivity contribution in [1.82, 2.24) is 25.2 Å². The lowest BCUT2D eigenvalue weighted by atomic mass is 9.98. The van der Waals surface area contributed by atoms with Gasteiger partial charge in [-0.05, 0) is 67.8 Å². The molecule has 4 aromatic rings. The number of ether oxygens (including phenoxy) is 3. The molecule has 5 rings (SSSR count). The zero-order valence-electron chi connectivity index (χ0n) is 23.1. The Bertz CT molecular complexity index is 1530. The molecule has 3 aromatic carbocycles. The fraction of sp³-hybridized carbons (Fsp3) is 0.333. The lowest BCUT2D eigenvalue weighted by Gasteiger charge is -2.35. The van der Waals surface area contributed by atoms with Gasteiger partial charge in [0.15, 0.2) is 11.5 Å². The first-order valence-electron chi connectivity index (χ1n) is 13.2. The lowest BCUT2D eigenvalue weighted by molar-refractivity contribution is -0.143. The first-order chi connectivity index (χ1) is 19.3. The lowest BCUT2D eigenvalue weighted by Crippen LogP contribution is -2.50. The molecule has 1 atom stereocenters. The zero-order chi connectivity index (χ0) is 28.3. The third-order valence-corrected chi connectivity index (χ3v) is 7.13. The Balaban J connectivity index is 1.57. The minimum absolute atomic E-state index is 0.101. The summed E-state index contributed by atoms with van der Waals surface area (Å²) in [6, 6.07) is 19.2. The quantitative estimate of drug-likeness (QED) is 0.319. The molecule has 1 aliphatic heterocycles. The van der Waals surface area contributed by atoms with Crippen LogP contribution < -0.4 is 19.5 Å². The molecule has 208 valence electrons. The van der Waals surface area contributed by atoms with E-state index >= 15 is 0 Å². The number of hydrogen-bond donors (Lipinski definition) is 1. The predicted octanol–water partition coefficient (Wildman–Crippen LogP) is 4.24. The Morgan fingerprint density at radius 2 is 1.88 bits per heavy atom. The van der Waals surface area contributed by atoms with Crippen molar-refractivity contribution >= 4 is 22.8 Å². The molecule has 1 aliphatic rings. The largest absolute Gasteiger partial charge is 0.497 e. The number of benzene rings is 3. The summed E-state index contributed by atoms with van der Waals surface area (Å²) in [7, 11) is 1.57. The Morgan fingerprint density at radius 1 is 1.07 bits per heavy atom. The summed E-state index contributed by atoms with van der Waals surface area (Å²) in [6.45, 7) is 6.10. The molecule has 0 radical (unpaired) electrons. The molecule has 40 heavy (non-hydrogen) atoms. The van der Waals surface area contributed by atoms with Crippen LogP contribution in [0.1, 0.15) is 44.4 Å². The molecule has 1 aromatic heterocycles. The van der Waals surface area contributed by atoms with Gasteiger partial charge in [-0.2, -0.15) is 0 Å². The van der Waals surface area contributed by atoms with E-state index in [9.17, 15) is 9.59 Å². The highest BCUT2D eigenvalue weighted by Crippen LogP contribution is 2.34. The number of amides is 2. The normalized spacial score (nSPS) is 13.2. The molecular weight excluding hydrogens is 510 g/mol. The van der Waals surface area contributed by atoms with Crippen molar-refractivity contribution in [3.63, 3.8) is 0 Å². The van der Waals surface area contributed by atoms with Crippen LogP contribution in [0.5, 0.6) is 17.2 Å². The second-order valence-corrected chi connectivity index (χ2v) is 10.4. The number of aromatic nitrogens is 3. The number of nitrogens with one attached hydrogen (secondary N) is 1. The van der Waals surface area contributed by atoms with Gasteiger partial charge in [-0.15, -0.1) is 5.10 Å². The van der Waals surface area contributed by atoms with Crippen LogP contribution in [0.4, 0.5) is 0 Å². The summed E-state index contributed by atoms with van der Waals surface area (Å²) >= 11 is 0. The number of hydrogen-bond acceptors (Lipinski definition) is 7. The average molecular weight is 544 g/mol. The number of rotatable bonds is 10. The van der Waals surface area contributed by atoms with E-state index in [0.29, 0.717) is 34.7 Å². The molecule has 2 amide bonds. The molecule has 0 unspecified atom stereocenters. The van der Waals surface area contributed by atoms with Gasteiger partial charge in [-0.1, -0.05) is 42.5 Å². The second kappa shape index (κ2) is 11.3. The van der Waals surface area contributed by atoms with Crippen LogP contribution >= 0.6 is 0 Å². The highest BCUT2D eigenvalue weighted by molar-refractivity contribution is 5.89. The van der Waals surface area contributed by atoms with Crippen LogP contribution in [0.2, 0.25) is 0 Å². The van der Waals surface area contributed by atoms with E-state index in [1.807, 2.05) is 75.4 Å². The van der Waals surface area contributed by atoms with Gasteiger partial charge in [0.2, 0.25) is 18.6 Å². The second-order valence-electron chi connectivity index (χ2n) is 10.4. The molecular formula is C30H33N5O5. The molecule has 0 spiro atoms. The van der Waals surface area contributed by atoms with Gasteiger partial charge in [-0.25, -0.2) is 4.68 Å². The molecule has 2 heterocycles. The fourth-order valence-corrected chi connectivity index (χ4v) is 4.59. The van der Waals surface area contributed by atoms with Crippen LogP contribution in [0.3, 0.4) is 0 Å². The Morgan fingerprint density at radius 3 is 2.67 bits per heavy atom. The molecule has 1 N–H and O–H groups in total. The van der Waals surface area contributed by atoms with Crippen LogP contribution in [-0.4, -0.2) is 51.1 Å². The van der Waals surface area contributed by atoms with E-state index in [1.54, 1.807) is 28.8 Å². The maximum absolute atomic E-state index is 14.2. The zero-order valence-corrected chi connectivity index (χ0v) is 23.1. The first kappa shape index (κ1) is 27.0. The van der Waals surface area contributed by atoms with Crippen LogP contribution in [0.15, 0.2) is 66.7 Å². The van der Waals surface area contributed by atoms with Gasteiger partial charge in [0, 0.05) is 12.1 Å². The van der Waals surface area contributed by atoms with Gasteiger partial charge in [0.1, 0.15) is 23.9 Å². The predicted molar refractivity (Wildman–Crippen MR) is 149 cm³/mol. The standard InChI is InChI=1S/C30H33N5O5/c1-5-30(2,3)31-29(37)28(21-9-8-10-22(16-21)38-4)34(17-20-13-14-25-26(15-20)40-19-39-25)27(36)18-35-24-12-7-6-11-23(24)32-33-35/h6-16,28H,5,17-19H2,1-4H3,(H,31,37)/t28-/m1/s1. The summed E-state index contributed by atoms with van der Waals surface area (Å²) < 4.78 is 18.1. The van der Waals surface area contributed by atoms with Crippen molar-refractivity contribution < 1.29 is 23.8 Å². The maximum Gasteiger partial charge on any atom is 0.247 e.